The second kappa shape index (κ2) is 5.45. The minimum absolute atomic E-state index is 0.182. The van der Waals surface area contributed by atoms with E-state index < -0.39 is 0 Å². The Kier molecular flexibility index (Phi) is 3.30. The average Bonchev–Trinajstić information content (AvgIpc) is 3.22. The van der Waals surface area contributed by atoms with Crippen LogP contribution in [0.4, 0.5) is 0 Å². The zero-order chi connectivity index (χ0) is 14.9. The van der Waals surface area contributed by atoms with Crippen molar-refractivity contribution in [2.75, 3.05) is 13.2 Å². The van der Waals surface area contributed by atoms with E-state index in [2.05, 4.69) is 20.5 Å². The number of nitrogens with one attached hydrogen (secondary N) is 2. The van der Waals surface area contributed by atoms with Gasteiger partial charge in [-0.15, -0.1) is 0 Å². The van der Waals surface area contributed by atoms with Crippen molar-refractivity contribution in [1.29, 1.82) is 0 Å². The number of aryl methyl sites for hydroxylation is 2. The molecular weight excluding hydrogens is 286 g/mol. The quantitative estimate of drug-likeness (QED) is 0.837. The second-order valence-corrected chi connectivity index (χ2v) is 5.55. The van der Waals surface area contributed by atoms with Gasteiger partial charge in [0.2, 0.25) is 0 Å². The zero-order valence-corrected chi connectivity index (χ0v) is 12.0. The summed E-state index contributed by atoms with van der Waals surface area (Å²) >= 11 is 0. The van der Waals surface area contributed by atoms with Gasteiger partial charge in [-0.1, -0.05) is 0 Å². The first-order valence-electron chi connectivity index (χ1n) is 7.40. The number of imidazole rings is 1. The molecule has 0 unspecified atom stereocenters. The number of hydrogen-bond acceptors (Lipinski definition) is 5. The fourth-order valence-electron chi connectivity index (χ4n) is 2.87. The minimum atomic E-state index is -0.226. The molecule has 2 atom stereocenters. The van der Waals surface area contributed by atoms with Crippen LogP contribution in [-0.2, 0) is 17.7 Å². The first-order chi connectivity index (χ1) is 10.8. The van der Waals surface area contributed by atoms with Crippen molar-refractivity contribution in [3.63, 3.8) is 0 Å². The van der Waals surface area contributed by atoms with Crippen molar-refractivity contribution < 1.29 is 14.3 Å². The molecule has 0 aromatic carbocycles. The summed E-state index contributed by atoms with van der Waals surface area (Å²) < 4.78 is 13.2. The lowest BCUT2D eigenvalue weighted by Gasteiger charge is -2.19. The predicted octanol–water partition coefficient (Wildman–Crippen LogP) is 0.129. The van der Waals surface area contributed by atoms with Crippen molar-refractivity contribution >= 4 is 5.91 Å². The van der Waals surface area contributed by atoms with Crippen LogP contribution in [0.25, 0.3) is 0 Å². The number of fused-ring (bicyclic) bond motifs is 1. The summed E-state index contributed by atoms with van der Waals surface area (Å²) in [5, 5.41) is 9.48. The van der Waals surface area contributed by atoms with Crippen molar-refractivity contribution in [2.45, 2.75) is 31.5 Å². The fourth-order valence-corrected chi connectivity index (χ4v) is 2.87. The van der Waals surface area contributed by atoms with Crippen LogP contribution in [-0.4, -0.2) is 51.0 Å². The Labute approximate surface area is 126 Å². The monoisotopic (exact) mass is 303 g/mol. The number of rotatable bonds is 4. The highest BCUT2D eigenvalue weighted by Gasteiger charge is 2.32. The number of aromatic nitrogens is 4. The van der Waals surface area contributed by atoms with Gasteiger partial charge in [-0.2, -0.15) is 5.10 Å². The van der Waals surface area contributed by atoms with Crippen LogP contribution in [0, 0.1) is 0 Å². The van der Waals surface area contributed by atoms with E-state index in [1.807, 2.05) is 10.8 Å². The molecular formula is C14H17N5O3. The number of carbonyl (C=O) groups is 1. The van der Waals surface area contributed by atoms with Gasteiger partial charge in [0.1, 0.15) is 17.6 Å². The number of carbonyl (C=O) groups excluding carboxylic acids is 1. The molecule has 4 rings (SSSR count). The molecule has 2 aliphatic rings. The predicted molar refractivity (Wildman–Crippen MR) is 75.6 cm³/mol. The van der Waals surface area contributed by atoms with Crippen LogP contribution in [0.5, 0.6) is 5.75 Å². The summed E-state index contributed by atoms with van der Waals surface area (Å²) in [5.41, 5.74) is 0.462. The van der Waals surface area contributed by atoms with Crippen LogP contribution in [0.3, 0.4) is 0 Å². The topological polar surface area (TPSA) is 94.1 Å². The highest BCUT2D eigenvalue weighted by atomic mass is 16.5. The Balaban J connectivity index is 1.41. The largest absolute Gasteiger partial charge is 0.482 e. The summed E-state index contributed by atoms with van der Waals surface area (Å²) in [6.45, 7) is 1.81. The van der Waals surface area contributed by atoms with Gasteiger partial charge in [-0.3, -0.25) is 9.89 Å². The van der Waals surface area contributed by atoms with Crippen LogP contribution in [0.2, 0.25) is 0 Å². The van der Waals surface area contributed by atoms with Crippen molar-refractivity contribution in [3.05, 3.63) is 30.1 Å². The molecule has 0 aliphatic carbocycles. The lowest BCUT2D eigenvalue weighted by Crippen LogP contribution is -2.45. The fraction of sp³-hybridized carbons (Fsp3) is 0.500. The van der Waals surface area contributed by atoms with E-state index in [9.17, 15) is 4.79 Å². The van der Waals surface area contributed by atoms with E-state index in [1.165, 1.54) is 0 Å². The van der Waals surface area contributed by atoms with E-state index in [0.717, 1.165) is 25.2 Å². The lowest BCUT2D eigenvalue weighted by atomic mass is 10.2. The van der Waals surface area contributed by atoms with Gasteiger partial charge in [-0.25, -0.2) is 4.98 Å². The minimum Gasteiger partial charge on any atom is -0.482 e. The van der Waals surface area contributed by atoms with Gasteiger partial charge in [0.15, 0.2) is 5.75 Å². The molecule has 8 nitrogen and oxygen atoms in total. The molecule has 1 amide bonds. The highest BCUT2D eigenvalue weighted by molar-refractivity contribution is 5.92. The van der Waals surface area contributed by atoms with Gasteiger partial charge in [-0.05, 0) is 6.42 Å². The van der Waals surface area contributed by atoms with Crippen molar-refractivity contribution in [1.82, 2.24) is 25.1 Å². The van der Waals surface area contributed by atoms with Gasteiger partial charge >= 0.3 is 0 Å². The van der Waals surface area contributed by atoms with E-state index in [-0.39, 0.29) is 18.1 Å². The van der Waals surface area contributed by atoms with Gasteiger partial charge in [0.05, 0.1) is 31.6 Å². The van der Waals surface area contributed by atoms with E-state index >= 15 is 0 Å². The molecule has 0 spiro atoms. The van der Waals surface area contributed by atoms with Gasteiger partial charge in [0, 0.05) is 19.2 Å². The molecule has 4 heterocycles. The SMILES string of the molecule is O=C(N[C@H]1COC[C@H]1Oc1cn[nH]c1)c1cn2c(n1)CCC2. The molecule has 2 aliphatic heterocycles. The Hall–Kier alpha value is -2.35. The molecule has 2 aromatic rings. The van der Waals surface area contributed by atoms with Gasteiger partial charge in [0.25, 0.3) is 5.91 Å². The molecule has 1 fully saturated rings. The normalized spacial score (nSPS) is 23.5. The molecule has 2 N–H and O–H groups in total. The molecule has 0 saturated carbocycles. The van der Waals surface area contributed by atoms with Crippen LogP contribution >= 0.6 is 0 Å². The standard InChI is InChI=1S/C14H17N5O3/c20-14(10-6-19-3-1-2-13(19)17-10)18-11-7-21-8-12(11)22-9-4-15-16-5-9/h4-6,11-12H,1-3,7-8H2,(H,15,16)(H,18,20)/t11-,12+/m0/s1. The molecule has 116 valence electrons. The Bertz CT molecular complexity index is 645. The smallest absolute Gasteiger partial charge is 0.271 e. The maximum atomic E-state index is 12.3. The average molecular weight is 303 g/mol. The van der Waals surface area contributed by atoms with Crippen molar-refractivity contribution in [3.8, 4) is 5.75 Å². The van der Waals surface area contributed by atoms with Crippen LogP contribution < -0.4 is 10.1 Å². The lowest BCUT2D eigenvalue weighted by molar-refractivity contribution is 0.0899. The first kappa shape index (κ1) is 13.3. The van der Waals surface area contributed by atoms with Crippen LogP contribution in [0.1, 0.15) is 22.7 Å². The number of H-pyrrole nitrogens is 1. The maximum absolute atomic E-state index is 12.3. The third-order valence-corrected chi connectivity index (χ3v) is 4.00. The molecule has 22 heavy (non-hydrogen) atoms. The van der Waals surface area contributed by atoms with Crippen LogP contribution in [0.15, 0.2) is 18.6 Å². The van der Waals surface area contributed by atoms with E-state index in [1.54, 1.807) is 12.4 Å². The maximum Gasteiger partial charge on any atom is 0.271 e. The molecule has 0 radical (unpaired) electrons. The molecule has 2 aromatic heterocycles. The molecule has 1 saturated heterocycles. The third-order valence-electron chi connectivity index (χ3n) is 4.00. The second-order valence-electron chi connectivity index (χ2n) is 5.55. The molecule has 0 bridgehead atoms. The summed E-state index contributed by atoms with van der Waals surface area (Å²) in [6, 6.07) is -0.195. The van der Waals surface area contributed by atoms with Crippen molar-refractivity contribution in [2.24, 2.45) is 0 Å². The number of nitrogens with zero attached hydrogens (tertiary/aromatic N) is 3. The third kappa shape index (κ3) is 2.45. The summed E-state index contributed by atoms with van der Waals surface area (Å²) in [5.74, 6) is 1.44. The number of amides is 1. The summed E-state index contributed by atoms with van der Waals surface area (Å²) in [4.78, 5) is 16.7. The summed E-state index contributed by atoms with van der Waals surface area (Å²) in [7, 11) is 0. The Morgan fingerprint density at radius 2 is 2.45 bits per heavy atom. The Morgan fingerprint density at radius 1 is 1.50 bits per heavy atom. The summed E-state index contributed by atoms with van der Waals surface area (Å²) in [6.07, 6.45) is 6.89. The van der Waals surface area contributed by atoms with E-state index in [0.29, 0.717) is 24.7 Å². The Morgan fingerprint density at radius 3 is 3.27 bits per heavy atom. The zero-order valence-electron chi connectivity index (χ0n) is 12.0. The number of hydrogen-bond donors (Lipinski definition) is 2. The first-order valence-corrected chi connectivity index (χ1v) is 7.40. The number of aromatic amines is 1. The molecule has 8 heteroatoms. The highest BCUT2D eigenvalue weighted by Crippen LogP contribution is 2.17. The van der Waals surface area contributed by atoms with E-state index in [4.69, 9.17) is 9.47 Å². The van der Waals surface area contributed by atoms with Gasteiger partial charge < -0.3 is 19.4 Å². The number of ether oxygens (including phenoxy) is 2.